The number of allylic oxidation sites excluding steroid dienone is 2. The Labute approximate surface area is 85.1 Å². The highest BCUT2D eigenvalue weighted by atomic mass is 19.4. The molecule has 0 bridgehead atoms. The normalized spacial score (nSPS) is 16.6. The quantitative estimate of drug-likeness (QED) is 0.569. The van der Waals surface area contributed by atoms with Crippen LogP contribution in [0.3, 0.4) is 0 Å². The zero-order valence-electron chi connectivity index (χ0n) is 8.27. The molecule has 2 nitrogen and oxygen atoms in total. The lowest BCUT2D eigenvalue weighted by atomic mass is 10.00. The van der Waals surface area contributed by atoms with E-state index in [0.29, 0.717) is 6.42 Å². The molecular weight excluding hydrogens is 214 g/mol. The first kappa shape index (κ1) is 13.9. The highest BCUT2D eigenvalue weighted by molar-refractivity contribution is 5.84. The van der Waals surface area contributed by atoms with Gasteiger partial charge in [-0.15, -0.1) is 0 Å². The number of halogens is 4. The molecule has 0 aromatic heterocycles. The van der Waals surface area contributed by atoms with Crippen LogP contribution < -0.4 is 5.73 Å². The predicted octanol–water partition coefficient (Wildman–Crippen LogP) is 2.49. The molecule has 1 atom stereocenters. The lowest BCUT2D eigenvalue weighted by Crippen LogP contribution is -2.51. The number of hydrogen-bond donors (Lipinski definition) is 1. The molecule has 0 aromatic rings. The number of hydrogen-bond acceptors (Lipinski definition) is 1. The maximum atomic E-state index is 13.2. The molecule has 15 heavy (non-hydrogen) atoms. The van der Waals surface area contributed by atoms with Crippen molar-refractivity contribution in [2.45, 2.75) is 38.0 Å². The predicted molar refractivity (Wildman–Crippen MR) is 47.8 cm³/mol. The van der Waals surface area contributed by atoms with E-state index in [0.717, 1.165) is 12.5 Å². The van der Waals surface area contributed by atoms with Crippen LogP contribution in [-0.4, -0.2) is 17.8 Å². The summed E-state index contributed by atoms with van der Waals surface area (Å²) in [5.41, 5.74) is 0.443. The van der Waals surface area contributed by atoms with E-state index >= 15 is 0 Å². The van der Waals surface area contributed by atoms with Gasteiger partial charge in [0.15, 0.2) is 0 Å². The average Bonchev–Trinajstić information content (AvgIpc) is 2.09. The Morgan fingerprint density at radius 1 is 1.27 bits per heavy atom. The topological polar surface area (TPSA) is 43.1 Å². The van der Waals surface area contributed by atoms with Crippen LogP contribution in [0.15, 0.2) is 12.2 Å². The molecular formula is C9H13F4NO. The van der Waals surface area contributed by atoms with Crippen LogP contribution in [0.2, 0.25) is 0 Å². The van der Waals surface area contributed by atoms with E-state index in [9.17, 15) is 22.4 Å². The fraction of sp³-hybridized carbons (Fsp3) is 0.667. The standard InChI is InChI=1S/C9H13F4NO/c1-2-3-4-5-6-8(10,7(14)15)9(11,12)13/h4-5H,2-3,6H2,1H3,(H2,14,15). The number of primary amides is 1. The van der Waals surface area contributed by atoms with Crippen LogP contribution >= 0.6 is 0 Å². The maximum absolute atomic E-state index is 13.2. The molecule has 0 spiro atoms. The minimum Gasteiger partial charge on any atom is -0.367 e. The minimum atomic E-state index is -5.27. The Morgan fingerprint density at radius 3 is 2.13 bits per heavy atom. The molecule has 0 saturated carbocycles. The summed E-state index contributed by atoms with van der Waals surface area (Å²) in [5.74, 6) is -2.00. The van der Waals surface area contributed by atoms with Crippen molar-refractivity contribution >= 4 is 5.91 Å². The Bertz CT molecular complexity index is 249. The summed E-state index contributed by atoms with van der Waals surface area (Å²) in [6.45, 7) is 1.82. The third kappa shape index (κ3) is 3.53. The second-order valence-corrected chi connectivity index (χ2v) is 3.13. The molecule has 88 valence electrons. The van der Waals surface area contributed by atoms with Crippen molar-refractivity contribution in [3.63, 3.8) is 0 Å². The molecule has 0 aromatic carbocycles. The molecule has 1 amide bonds. The van der Waals surface area contributed by atoms with Crippen molar-refractivity contribution in [3.05, 3.63) is 12.2 Å². The molecule has 0 aliphatic heterocycles. The van der Waals surface area contributed by atoms with Gasteiger partial charge in [-0.2, -0.15) is 13.2 Å². The minimum absolute atomic E-state index is 0.534. The number of unbranched alkanes of at least 4 members (excludes halogenated alkanes) is 1. The number of rotatable bonds is 5. The van der Waals surface area contributed by atoms with E-state index < -0.39 is 24.2 Å². The zero-order valence-corrected chi connectivity index (χ0v) is 8.27. The summed E-state index contributed by atoms with van der Waals surface area (Å²) < 4.78 is 49.7. The van der Waals surface area contributed by atoms with Gasteiger partial charge in [0.1, 0.15) is 0 Å². The number of carbonyl (C=O) groups is 1. The van der Waals surface area contributed by atoms with E-state index in [2.05, 4.69) is 5.73 Å². The van der Waals surface area contributed by atoms with Gasteiger partial charge in [-0.05, 0) is 6.42 Å². The first-order chi connectivity index (χ1) is 6.75. The van der Waals surface area contributed by atoms with Gasteiger partial charge in [0.2, 0.25) is 0 Å². The van der Waals surface area contributed by atoms with E-state index in [4.69, 9.17) is 0 Å². The van der Waals surface area contributed by atoms with Gasteiger partial charge >= 0.3 is 6.18 Å². The summed E-state index contributed by atoms with van der Waals surface area (Å²) in [6, 6.07) is 0. The van der Waals surface area contributed by atoms with Crippen LogP contribution in [0, 0.1) is 0 Å². The van der Waals surface area contributed by atoms with Crippen molar-refractivity contribution in [1.29, 1.82) is 0 Å². The van der Waals surface area contributed by atoms with Gasteiger partial charge < -0.3 is 5.73 Å². The van der Waals surface area contributed by atoms with Crippen LogP contribution in [0.25, 0.3) is 0 Å². The van der Waals surface area contributed by atoms with Crippen LogP contribution in [-0.2, 0) is 4.79 Å². The van der Waals surface area contributed by atoms with E-state index in [1.54, 1.807) is 0 Å². The average molecular weight is 227 g/mol. The van der Waals surface area contributed by atoms with E-state index in [1.165, 1.54) is 6.08 Å². The van der Waals surface area contributed by atoms with Gasteiger partial charge in [0, 0.05) is 6.42 Å². The Morgan fingerprint density at radius 2 is 1.80 bits per heavy atom. The van der Waals surface area contributed by atoms with Crippen molar-refractivity contribution in [2.75, 3.05) is 0 Å². The Balaban J connectivity index is 4.62. The van der Waals surface area contributed by atoms with E-state index in [-0.39, 0.29) is 0 Å². The number of nitrogens with two attached hydrogens (primary N) is 1. The second-order valence-electron chi connectivity index (χ2n) is 3.13. The van der Waals surface area contributed by atoms with Gasteiger partial charge in [-0.25, -0.2) is 4.39 Å². The van der Waals surface area contributed by atoms with Crippen LogP contribution in [0.5, 0.6) is 0 Å². The van der Waals surface area contributed by atoms with Crippen LogP contribution in [0.1, 0.15) is 26.2 Å². The van der Waals surface area contributed by atoms with Gasteiger partial charge in [0.25, 0.3) is 11.6 Å². The molecule has 1 unspecified atom stereocenters. The highest BCUT2D eigenvalue weighted by Crippen LogP contribution is 2.36. The molecule has 0 rings (SSSR count). The smallest absolute Gasteiger partial charge is 0.367 e. The molecule has 0 aliphatic rings. The van der Waals surface area contributed by atoms with E-state index in [1.807, 2.05) is 6.92 Å². The zero-order chi connectivity index (χ0) is 12.1. The first-order valence-electron chi connectivity index (χ1n) is 4.46. The monoisotopic (exact) mass is 227 g/mol. The Kier molecular flexibility index (Phi) is 4.77. The third-order valence-electron chi connectivity index (χ3n) is 1.86. The molecule has 0 fully saturated rings. The number of amides is 1. The van der Waals surface area contributed by atoms with Crippen molar-refractivity contribution in [3.8, 4) is 0 Å². The summed E-state index contributed by atoms with van der Waals surface area (Å²) >= 11 is 0. The van der Waals surface area contributed by atoms with Crippen molar-refractivity contribution in [2.24, 2.45) is 5.73 Å². The molecule has 0 radical (unpaired) electrons. The summed E-state index contributed by atoms with van der Waals surface area (Å²) in [7, 11) is 0. The van der Waals surface area contributed by atoms with Crippen molar-refractivity contribution < 1.29 is 22.4 Å². The third-order valence-corrected chi connectivity index (χ3v) is 1.86. The molecule has 2 N–H and O–H groups in total. The van der Waals surface area contributed by atoms with Gasteiger partial charge in [0.05, 0.1) is 0 Å². The Hall–Kier alpha value is -1.07. The number of alkyl halides is 4. The lowest BCUT2D eigenvalue weighted by molar-refractivity contribution is -0.224. The molecule has 0 heterocycles. The lowest BCUT2D eigenvalue weighted by Gasteiger charge is -2.22. The van der Waals surface area contributed by atoms with Gasteiger partial charge in [-0.3, -0.25) is 4.79 Å². The maximum Gasteiger partial charge on any atom is 0.432 e. The summed E-state index contributed by atoms with van der Waals surface area (Å²) in [4.78, 5) is 10.4. The summed E-state index contributed by atoms with van der Waals surface area (Å²) in [6.07, 6.45) is -2.68. The first-order valence-corrected chi connectivity index (χ1v) is 4.46. The SMILES string of the molecule is CCCC=CCC(F)(C(N)=O)C(F)(F)F. The van der Waals surface area contributed by atoms with Crippen LogP contribution in [0.4, 0.5) is 17.6 Å². The largest absolute Gasteiger partial charge is 0.432 e. The fourth-order valence-corrected chi connectivity index (χ4v) is 0.886. The molecule has 0 aliphatic carbocycles. The molecule has 6 heteroatoms. The summed E-state index contributed by atoms with van der Waals surface area (Å²) in [5, 5.41) is 0. The molecule has 0 saturated heterocycles. The highest BCUT2D eigenvalue weighted by Gasteiger charge is 2.59. The number of carbonyl (C=O) groups excluding carboxylic acids is 1. The fourth-order valence-electron chi connectivity index (χ4n) is 0.886. The second kappa shape index (κ2) is 5.14. The van der Waals surface area contributed by atoms with Crippen molar-refractivity contribution in [1.82, 2.24) is 0 Å². The van der Waals surface area contributed by atoms with Gasteiger partial charge in [-0.1, -0.05) is 25.5 Å².